The Kier molecular flexibility index (Phi) is 21.9. The second-order valence-electron chi connectivity index (χ2n) is 17.6. The van der Waals surface area contributed by atoms with E-state index in [2.05, 4.69) is 83.8 Å². The molecule has 0 spiro atoms. The maximum Gasteiger partial charge on any atom is 0.232 e. The SMILES string of the molecule is CC(C)CCON=O.CCC(=O)c1c(-c2ccc(F)cc2)oc2cc(N(C)S(C)(=O)=O)c(-c3cccc(I)c3)cc12.CCC(=O)c1c(-c2ccc(F)cc2)oc2cc(N(C)S(C)(=O)=O)c(-c3cccc(N)c3)cc12.II. The fourth-order valence-electron chi connectivity index (χ4n) is 7.81. The van der Waals surface area contributed by atoms with Crippen LogP contribution in [0.1, 0.15) is 67.7 Å². The second-order valence-corrected chi connectivity index (χ2v) is 22.9. The van der Waals surface area contributed by atoms with Gasteiger partial charge in [-0.3, -0.25) is 18.2 Å². The molecule has 402 valence electrons. The lowest BCUT2D eigenvalue weighted by atomic mass is 9.96. The number of hydrogen-bond acceptors (Lipinski definition) is 12. The number of benzene rings is 6. The van der Waals surface area contributed by atoms with Crippen molar-refractivity contribution >= 4 is 130 Å². The number of halogens is 5. The molecule has 14 nitrogen and oxygen atoms in total. The Balaban J connectivity index is 0.000000239. The molecule has 0 amide bonds. The summed E-state index contributed by atoms with van der Waals surface area (Å²) in [6.07, 6.45) is 3.63. The summed E-state index contributed by atoms with van der Waals surface area (Å²) in [5.74, 6) is 0.174. The van der Waals surface area contributed by atoms with Gasteiger partial charge in [-0.05, 0) is 131 Å². The molecule has 8 rings (SSSR count). The van der Waals surface area contributed by atoms with Crippen LogP contribution in [0.15, 0.2) is 136 Å². The summed E-state index contributed by atoms with van der Waals surface area (Å²) in [7, 11) is -4.23. The number of carbonyl (C=O) groups excluding carboxylic acids is 2. The molecule has 0 aliphatic heterocycles. The van der Waals surface area contributed by atoms with Crippen molar-refractivity contribution in [3.05, 3.63) is 153 Å². The van der Waals surface area contributed by atoms with Gasteiger partial charge in [0.15, 0.2) is 16.9 Å². The first-order valence-corrected chi connectivity index (χ1v) is 34.4. The van der Waals surface area contributed by atoms with Gasteiger partial charge < -0.3 is 19.4 Å². The number of nitrogens with zero attached hydrogens (tertiary/aromatic N) is 3. The number of nitrogen functional groups attached to an aromatic ring is 1. The van der Waals surface area contributed by atoms with Crippen molar-refractivity contribution in [2.75, 3.05) is 47.6 Å². The van der Waals surface area contributed by atoms with Gasteiger partial charge in [0.25, 0.3) is 0 Å². The molecule has 0 radical (unpaired) electrons. The number of ketones is 2. The second kappa shape index (κ2) is 27.2. The summed E-state index contributed by atoms with van der Waals surface area (Å²) < 4.78 is 92.1. The maximum atomic E-state index is 13.5. The van der Waals surface area contributed by atoms with Crippen LogP contribution >= 0.6 is 59.8 Å². The van der Waals surface area contributed by atoms with Gasteiger partial charge in [-0.25, -0.2) is 25.6 Å². The first kappa shape index (κ1) is 61.3. The van der Waals surface area contributed by atoms with Crippen LogP contribution in [0.2, 0.25) is 0 Å². The molecule has 0 saturated carbocycles. The number of sulfonamides is 2. The lowest BCUT2D eigenvalue weighted by Crippen LogP contribution is -2.25. The van der Waals surface area contributed by atoms with Crippen molar-refractivity contribution in [3.63, 3.8) is 0 Å². The average Bonchev–Trinajstić information content (AvgIpc) is 3.96. The van der Waals surface area contributed by atoms with E-state index in [-0.39, 0.29) is 24.4 Å². The Labute approximate surface area is 478 Å². The summed E-state index contributed by atoms with van der Waals surface area (Å²) in [6, 6.07) is 33.0. The van der Waals surface area contributed by atoms with E-state index in [1.54, 1.807) is 80.6 Å². The molecule has 2 N–H and O–H groups in total. The van der Waals surface area contributed by atoms with E-state index in [9.17, 15) is 40.1 Å². The Morgan fingerprint density at radius 3 is 1.41 bits per heavy atom. The van der Waals surface area contributed by atoms with Crippen LogP contribution in [0.5, 0.6) is 0 Å². The molecule has 0 aliphatic carbocycles. The molecule has 2 heterocycles. The quantitative estimate of drug-likeness (QED) is 0.0241. The van der Waals surface area contributed by atoms with E-state index < -0.39 is 31.7 Å². The van der Waals surface area contributed by atoms with Crippen LogP contribution in [-0.2, 0) is 24.9 Å². The van der Waals surface area contributed by atoms with E-state index in [0.717, 1.165) is 32.4 Å². The lowest BCUT2D eigenvalue weighted by Gasteiger charge is -2.21. The Hall–Kier alpha value is -5.51. The molecule has 0 unspecified atom stereocenters. The zero-order valence-electron chi connectivity index (χ0n) is 42.7. The van der Waals surface area contributed by atoms with E-state index in [4.69, 9.17) is 14.6 Å². The van der Waals surface area contributed by atoms with Crippen molar-refractivity contribution in [1.82, 2.24) is 0 Å². The first-order chi connectivity index (χ1) is 36.0. The van der Waals surface area contributed by atoms with Crippen LogP contribution in [0.4, 0.5) is 25.8 Å². The first-order valence-electron chi connectivity index (χ1n) is 23.3. The zero-order chi connectivity index (χ0) is 56.2. The van der Waals surface area contributed by atoms with Gasteiger partial charge in [0.1, 0.15) is 40.9 Å². The normalized spacial score (nSPS) is 11.2. The Bertz CT molecular complexity index is 3370. The summed E-state index contributed by atoms with van der Waals surface area (Å²) in [5.41, 5.74) is 12.7. The minimum absolute atomic E-state index is 0.120. The molecule has 6 aromatic carbocycles. The molecule has 0 saturated heterocycles. The minimum atomic E-state index is -3.59. The average molecular weight is 1410 g/mol. The van der Waals surface area contributed by atoms with Gasteiger partial charge in [0.2, 0.25) is 20.0 Å². The van der Waals surface area contributed by atoms with Gasteiger partial charge in [-0.2, -0.15) is 0 Å². The fourth-order valence-corrected chi connectivity index (χ4v) is 9.37. The highest BCUT2D eigenvalue weighted by Gasteiger charge is 2.28. The molecule has 8 aromatic rings. The van der Waals surface area contributed by atoms with Gasteiger partial charge >= 0.3 is 0 Å². The third kappa shape index (κ3) is 15.2. The number of hydrogen-bond donors (Lipinski definition) is 1. The van der Waals surface area contributed by atoms with Gasteiger partial charge in [-0.15, -0.1) is 4.91 Å². The number of fused-ring (bicyclic) bond motifs is 2. The van der Waals surface area contributed by atoms with Gasteiger partial charge in [0, 0.05) is 119 Å². The van der Waals surface area contributed by atoms with Crippen LogP contribution in [-0.4, -0.2) is 61.6 Å². The smallest absolute Gasteiger partial charge is 0.232 e. The standard InChI is InChI=1S/C25H21FINO4S.C25H23FN2O4S.C5H11NO2.I2/c2*1-4-22(29)24-20-13-19(16-6-5-7-18(27)12-16)21(28(2)33(3,30)31)14-23(20)32-25(24)15-8-10-17(26)11-9-15;1-5(2)3-4-8-6-7;1-2/h5-14H,4H2,1-3H3;5-14H,4,27H2,1-3H3;5H,3-4H2,1-2H3;. The summed E-state index contributed by atoms with van der Waals surface area (Å²) in [5, 5.41) is 3.39. The van der Waals surface area contributed by atoms with Crippen LogP contribution in [0, 0.1) is 26.0 Å². The number of carbonyl (C=O) groups is 2. The van der Waals surface area contributed by atoms with E-state index in [1.165, 1.54) is 42.7 Å². The van der Waals surface area contributed by atoms with Crippen LogP contribution < -0.4 is 14.3 Å². The summed E-state index contributed by atoms with van der Waals surface area (Å²) >= 11 is 6.44. The zero-order valence-corrected chi connectivity index (χ0v) is 50.8. The highest BCUT2D eigenvalue weighted by molar-refractivity contribution is 15.0. The molecular formula is C55H55F2I3N4O10S2. The molecule has 0 atom stereocenters. The van der Waals surface area contributed by atoms with Crippen molar-refractivity contribution in [2.24, 2.45) is 11.3 Å². The van der Waals surface area contributed by atoms with E-state index in [0.29, 0.717) is 102 Å². The number of nitrogens with two attached hydrogens (primary N) is 1. The predicted molar refractivity (Wildman–Crippen MR) is 326 cm³/mol. The molecule has 0 fully saturated rings. The van der Waals surface area contributed by atoms with Crippen molar-refractivity contribution < 1.29 is 48.9 Å². The number of furan rings is 2. The summed E-state index contributed by atoms with van der Waals surface area (Å²) in [6.45, 7) is 8.09. The van der Waals surface area contributed by atoms with Crippen molar-refractivity contribution in [3.8, 4) is 44.9 Å². The molecule has 2 aromatic heterocycles. The van der Waals surface area contributed by atoms with E-state index >= 15 is 0 Å². The monoisotopic (exact) mass is 1410 g/mol. The minimum Gasteiger partial charge on any atom is -0.455 e. The van der Waals surface area contributed by atoms with E-state index in [1.807, 2.05) is 30.3 Å². The fraction of sp³-hybridized carbons (Fsp3) is 0.236. The number of rotatable bonds is 16. The van der Waals surface area contributed by atoms with Crippen molar-refractivity contribution in [2.45, 2.75) is 47.0 Å². The molecule has 0 bridgehead atoms. The number of anilines is 3. The molecule has 21 heteroatoms. The largest absolute Gasteiger partial charge is 0.455 e. The predicted octanol–water partition coefficient (Wildman–Crippen LogP) is 15.5. The maximum absolute atomic E-state index is 13.5. The third-order valence-corrected chi connectivity index (χ3v) is 14.9. The van der Waals surface area contributed by atoms with Crippen molar-refractivity contribution in [1.29, 1.82) is 0 Å². The lowest BCUT2D eigenvalue weighted by molar-refractivity contribution is 0.0981. The molecule has 0 aliphatic rings. The topological polar surface area (TPSA) is 200 Å². The van der Waals surface area contributed by atoms with Gasteiger partial charge in [-0.1, -0.05) is 52.0 Å². The van der Waals surface area contributed by atoms with Gasteiger partial charge in [0.05, 0.1) is 35.0 Å². The van der Waals surface area contributed by atoms with Crippen LogP contribution in [0.25, 0.3) is 66.8 Å². The highest BCUT2D eigenvalue weighted by Crippen LogP contribution is 2.44. The van der Waals surface area contributed by atoms with Crippen LogP contribution in [0.3, 0.4) is 0 Å². The third-order valence-electron chi connectivity index (χ3n) is 11.9. The summed E-state index contributed by atoms with van der Waals surface area (Å²) in [4.78, 5) is 39.5. The molecule has 76 heavy (non-hydrogen) atoms. The Morgan fingerprint density at radius 2 is 1.05 bits per heavy atom. The Morgan fingerprint density at radius 1 is 0.645 bits per heavy atom. The molecular weight excluding hydrogens is 1360 g/mol. The highest BCUT2D eigenvalue weighted by atomic mass is 128. The number of Topliss-reactive ketones (excluding diaryl/α,β-unsaturated/α-hetero) is 2.